The number of fused-ring (bicyclic) bond motifs is 5. The summed E-state index contributed by atoms with van der Waals surface area (Å²) in [6.07, 6.45) is 8.35. The van der Waals surface area contributed by atoms with Crippen molar-refractivity contribution in [3.05, 3.63) is 0 Å². The van der Waals surface area contributed by atoms with Crippen LogP contribution in [-0.2, 0) is 9.47 Å². The third-order valence-electron chi connectivity index (χ3n) is 14.4. The Bertz CT molecular complexity index is 884. The van der Waals surface area contributed by atoms with E-state index in [9.17, 15) is 15.3 Å². The zero-order chi connectivity index (χ0) is 27.3. The Morgan fingerprint density at radius 1 is 0.784 bits per heavy atom. The van der Waals surface area contributed by atoms with Crippen LogP contribution < -0.4 is 0 Å². The molecule has 214 valence electrons. The molecule has 1 heterocycles. The molecule has 5 rings (SSSR count). The molecule has 5 heteroatoms. The average Bonchev–Trinajstić information content (AvgIpc) is 3.36. The van der Waals surface area contributed by atoms with Crippen molar-refractivity contribution in [2.75, 3.05) is 13.2 Å². The topological polar surface area (TPSA) is 79.2 Å². The van der Waals surface area contributed by atoms with E-state index in [1.807, 2.05) is 0 Å². The van der Waals surface area contributed by atoms with Crippen molar-refractivity contribution in [3.8, 4) is 0 Å². The molecule has 0 radical (unpaired) electrons. The van der Waals surface area contributed by atoms with Crippen LogP contribution in [-0.4, -0.2) is 52.1 Å². The molecule has 5 nitrogen and oxygen atoms in total. The fourth-order valence-electron chi connectivity index (χ4n) is 11.4. The molecule has 4 aliphatic carbocycles. The van der Waals surface area contributed by atoms with Gasteiger partial charge < -0.3 is 24.8 Å². The highest BCUT2D eigenvalue weighted by Crippen LogP contribution is 2.80. The van der Waals surface area contributed by atoms with Crippen molar-refractivity contribution in [2.45, 2.75) is 143 Å². The van der Waals surface area contributed by atoms with E-state index in [1.54, 1.807) is 0 Å². The lowest BCUT2D eigenvalue weighted by Crippen LogP contribution is -2.69. The highest BCUT2D eigenvalue weighted by atomic mass is 16.7. The molecule has 1 aliphatic heterocycles. The van der Waals surface area contributed by atoms with Crippen molar-refractivity contribution in [1.82, 2.24) is 0 Å². The minimum Gasteiger partial charge on any atom is -0.393 e. The van der Waals surface area contributed by atoms with E-state index in [0.717, 1.165) is 57.8 Å². The number of hydrogen-bond donors (Lipinski definition) is 3. The lowest BCUT2D eigenvalue weighted by Gasteiger charge is -2.73. The quantitative estimate of drug-likeness (QED) is 0.410. The number of rotatable bonds is 5. The molecule has 0 bridgehead atoms. The zero-order valence-electron chi connectivity index (χ0n) is 25.0. The van der Waals surface area contributed by atoms with Crippen molar-refractivity contribution in [3.63, 3.8) is 0 Å². The Morgan fingerprint density at radius 2 is 1.43 bits per heavy atom. The molecular formula is C32H56O5. The van der Waals surface area contributed by atoms with Crippen LogP contribution in [0.4, 0.5) is 0 Å². The Hall–Kier alpha value is -0.200. The molecule has 0 aromatic heterocycles. The molecular weight excluding hydrogens is 464 g/mol. The molecule has 1 unspecified atom stereocenters. The highest BCUT2D eigenvalue weighted by molar-refractivity contribution is 5.27. The first-order chi connectivity index (χ1) is 17.1. The first-order valence-corrected chi connectivity index (χ1v) is 15.4. The smallest absolute Gasteiger partial charge is 0.173 e. The second-order valence-corrected chi connectivity index (χ2v) is 15.8. The van der Waals surface area contributed by atoms with Gasteiger partial charge in [0.25, 0.3) is 0 Å². The molecule has 1 saturated heterocycles. The second kappa shape index (κ2) is 8.65. The summed E-state index contributed by atoms with van der Waals surface area (Å²) in [5.74, 6) is -0.240. The van der Waals surface area contributed by atoms with E-state index in [0.29, 0.717) is 31.5 Å². The molecule has 5 aliphatic rings. The fourth-order valence-corrected chi connectivity index (χ4v) is 11.4. The third-order valence-corrected chi connectivity index (χ3v) is 14.4. The predicted molar refractivity (Wildman–Crippen MR) is 146 cm³/mol. The monoisotopic (exact) mass is 520 g/mol. The lowest BCUT2D eigenvalue weighted by atomic mass is 9.32. The molecule has 0 spiro atoms. The predicted octanol–water partition coefficient (Wildman–Crippen LogP) is 6.08. The highest BCUT2D eigenvalue weighted by Gasteiger charge is 2.78. The lowest BCUT2D eigenvalue weighted by molar-refractivity contribution is -0.300. The Morgan fingerprint density at radius 3 is 2.05 bits per heavy atom. The molecule has 0 aromatic carbocycles. The Labute approximate surface area is 226 Å². The van der Waals surface area contributed by atoms with E-state index in [4.69, 9.17) is 9.47 Å². The van der Waals surface area contributed by atoms with E-state index in [-0.39, 0.29) is 33.7 Å². The van der Waals surface area contributed by atoms with Gasteiger partial charge in [-0.05, 0) is 91.3 Å². The standard InChI is InChI=1S/C32H56O5/c1-21(2)9-14-31(36-17-18-37-31)22(3)32(35)25(34)20-28(6)24-11-12-26(4)19-23(33)10-13-29(26,7)27(24,5)15-16-30(28,32)8/h21-25,33-35H,9-20H2,1-8H3/t22-,23+,24?,25-,26+,27+,28+,29+,30+,32-/m1/s1. The maximum Gasteiger partial charge on any atom is 0.173 e. The van der Waals surface area contributed by atoms with Crippen LogP contribution in [0.2, 0.25) is 0 Å². The summed E-state index contributed by atoms with van der Waals surface area (Å²) in [6, 6.07) is 0. The number of hydrogen-bond acceptors (Lipinski definition) is 5. The maximum absolute atomic E-state index is 12.9. The van der Waals surface area contributed by atoms with Crippen molar-refractivity contribution in [1.29, 1.82) is 0 Å². The van der Waals surface area contributed by atoms with Crippen LogP contribution in [0.1, 0.15) is 120 Å². The first-order valence-electron chi connectivity index (χ1n) is 15.4. The number of aliphatic hydroxyl groups is 3. The van der Waals surface area contributed by atoms with E-state index >= 15 is 0 Å². The van der Waals surface area contributed by atoms with Crippen molar-refractivity contribution < 1.29 is 24.8 Å². The summed E-state index contributed by atoms with van der Waals surface area (Å²) >= 11 is 0. The molecule has 0 amide bonds. The minimum atomic E-state index is -1.28. The normalized spacial score (nSPS) is 54.0. The van der Waals surface area contributed by atoms with Gasteiger partial charge in [0.05, 0.1) is 25.4 Å². The summed E-state index contributed by atoms with van der Waals surface area (Å²) in [4.78, 5) is 0. The van der Waals surface area contributed by atoms with Gasteiger partial charge in [-0.15, -0.1) is 0 Å². The number of ether oxygens (including phenoxy) is 2. The van der Waals surface area contributed by atoms with Crippen LogP contribution in [0.5, 0.6) is 0 Å². The van der Waals surface area contributed by atoms with Gasteiger partial charge in [0, 0.05) is 17.8 Å². The van der Waals surface area contributed by atoms with Gasteiger partial charge in [-0.3, -0.25) is 0 Å². The average molecular weight is 521 g/mol. The molecule has 5 fully saturated rings. The van der Waals surface area contributed by atoms with Crippen LogP contribution >= 0.6 is 0 Å². The summed E-state index contributed by atoms with van der Waals surface area (Å²) in [5.41, 5.74) is -1.54. The first kappa shape index (κ1) is 28.3. The van der Waals surface area contributed by atoms with Crippen molar-refractivity contribution >= 4 is 0 Å². The van der Waals surface area contributed by atoms with Gasteiger partial charge in [-0.25, -0.2) is 0 Å². The number of aliphatic hydroxyl groups excluding tert-OH is 2. The SMILES string of the molecule is CC(C)CCC1([C@@H](C)[C@@]2(O)[C@H](O)C[C@@]3(C)C4CC[C@@]5(C)C[C@@H](O)CC[C@]5(C)[C@@]4(C)CC[C@]23C)OCCO1. The molecule has 0 aromatic rings. The molecule has 4 saturated carbocycles. The summed E-state index contributed by atoms with van der Waals surface area (Å²) in [6.45, 7) is 19.8. The summed E-state index contributed by atoms with van der Waals surface area (Å²) in [5, 5.41) is 35.4. The Kier molecular flexibility index (Phi) is 6.62. The van der Waals surface area contributed by atoms with Gasteiger partial charge in [-0.2, -0.15) is 0 Å². The second-order valence-electron chi connectivity index (χ2n) is 15.8. The zero-order valence-corrected chi connectivity index (χ0v) is 25.0. The van der Waals surface area contributed by atoms with Crippen LogP contribution in [0.3, 0.4) is 0 Å². The molecule has 10 atom stereocenters. The largest absolute Gasteiger partial charge is 0.393 e. The van der Waals surface area contributed by atoms with Crippen molar-refractivity contribution in [2.24, 2.45) is 44.8 Å². The molecule has 37 heavy (non-hydrogen) atoms. The minimum absolute atomic E-state index is 0.109. The summed E-state index contributed by atoms with van der Waals surface area (Å²) in [7, 11) is 0. The van der Waals surface area contributed by atoms with E-state index in [2.05, 4.69) is 55.4 Å². The van der Waals surface area contributed by atoms with Gasteiger partial charge in [0.15, 0.2) is 5.79 Å². The Balaban J connectivity index is 1.54. The van der Waals surface area contributed by atoms with Crippen LogP contribution in [0.15, 0.2) is 0 Å². The third kappa shape index (κ3) is 3.39. The summed E-state index contributed by atoms with van der Waals surface area (Å²) < 4.78 is 12.7. The molecule has 3 N–H and O–H groups in total. The van der Waals surface area contributed by atoms with Gasteiger partial charge in [0.2, 0.25) is 0 Å². The van der Waals surface area contributed by atoms with Gasteiger partial charge >= 0.3 is 0 Å². The van der Waals surface area contributed by atoms with Gasteiger partial charge in [0.1, 0.15) is 5.60 Å². The van der Waals surface area contributed by atoms with E-state index in [1.165, 1.54) is 0 Å². The van der Waals surface area contributed by atoms with E-state index < -0.39 is 22.9 Å². The van der Waals surface area contributed by atoms with Crippen LogP contribution in [0.25, 0.3) is 0 Å². The fraction of sp³-hybridized carbons (Fsp3) is 1.00. The maximum atomic E-state index is 12.9. The van der Waals surface area contributed by atoms with Gasteiger partial charge in [-0.1, -0.05) is 55.4 Å². The van der Waals surface area contributed by atoms with Crippen LogP contribution in [0, 0.1) is 44.8 Å².